The summed E-state index contributed by atoms with van der Waals surface area (Å²) < 4.78 is 30.4. The second-order valence-electron chi connectivity index (χ2n) is 16.9. The van der Waals surface area contributed by atoms with Crippen molar-refractivity contribution in [2.45, 2.75) is 147 Å². The number of rotatable bonds is 14. The maximum Gasteiger partial charge on any atom is 0.351 e. The topological polar surface area (TPSA) is 181 Å². The van der Waals surface area contributed by atoms with Gasteiger partial charge in [-0.15, -0.1) is 0 Å². The average Bonchev–Trinajstić information content (AvgIpc) is 3.83. The lowest BCUT2D eigenvalue weighted by Gasteiger charge is -2.46. The van der Waals surface area contributed by atoms with Gasteiger partial charge in [-0.3, -0.25) is 4.79 Å². The summed E-state index contributed by atoms with van der Waals surface area (Å²) in [7, 11) is 1.31. The number of esters is 1. The van der Waals surface area contributed by atoms with Crippen LogP contribution in [0.5, 0.6) is 0 Å². The molecule has 3 saturated heterocycles. The van der Waals surface area contributed by atoms with Crippen molar-refractivity contribution in [1.29, 1.82) is 0 Å². The smallest absolute Gasteiger partial charge is 0.351 e. The number of ketones is 1. The molecule has 5 N–H and O–H groups in total. The first-order valence-corrected chi connectivity index (χ1v) is 19.9. The molecule has 54 heavy (non-hydrogen) atoms. The maximum atomic E-state index is 13.8. The Kier molecular flexibility index (Phi) is 14.1. The maximum absolute atomic E-state index is 13.8. The van der Waals surface area contributed by atoms with E-state index in [1.807, 2.05) is 19.9 Å². The second-order valence-corrected chi connectivity index (χ2v) is 16.9. The van der Waals surface area contributed by atoms with E-state index in [1.54, 1.807) is 0 Å². The van der Waals surface area contributed by atoms with Crippen molar-refractivity contribution >= 4 is 11.8 Å². The summed E-state index contributed by atoms with van der Waals surface area (Å²) in [5.74, 6) is -4.63. The molecule has 1 saturated carbocycles. The van der Waals surface area contributed by atoms with Gasteiger partial charge in [-0.2, -0.15) is 0 Å². The van der Waals surface area contributed by atoms with Gasteiger partial charge >= 0.3 is 5.97 Å². The number of cyclic esters (lactones) is 1. The summed E-state index contributed by atoms with van der Waals surface area (Å²) in [4.78, 5) is 26.3. The van der Waals surface area contributed by atoms with Gasteiger partial charge in [-0.1, -0.05) is 46.4 Å². The zero-order valence-corrected chi connectivity index (χ0v) is 33.1. The van der Waals surface area contributed by atoms with E-state index in [-0.39, 0.29) is 48.6 Å². The minimum absolute atomic E-state index is 0.0182. The lowest BCUT2D eigenvalue weighted by atomic mass is 9.63. The minimum atomic E-state index is -1.32. The van der Waals surface area contributed by atoms with Crippen LogP contribution in [0.15, 0.2) is 47.0 Å². The van der Waals surface area contributed by atoms with E-state index in [0.717, 1.165) is 37.7 Å². The van der Waals surface area contributed by atoms with Gasteiger partial charge in [0, 0.05) is 25.6 Å². The minimum Gasteiger partial charge on any atom is -0.504 e. The van der Waals surface area contributed by atoms with Crippen LogP contribution in [0.1, 0.15) is 92.9 Å². The van der Waals surface area contributed by atoms with Crippen molar-refractivity contribution in [3.8, 4) is 0 Å². The van der Waals surface area contributed by atoms with Crippen LogP contribution >= 0.6 is 0 Å². The molecule has 4 fully saturated rings. The third-order valence-electron chi connectivity index (χ3n) is 13.1. The van der Waals surface area contributed by atoms with E-state index >= 15 is 0 Å². The Morgan fingerprint density at radius 1 is 1.09 bits per heavy atom. The van der Waals surface area contributed by atoms with E-state index < -0.39 is 77.5 Å². The van der Waals surface area contributed by atoms with Crippen molar-refractivity contribution in [2.75, 3.05) is 20.3 Å². The van der Waals surface area contributed by atoms with E-state index in [4.69, 9.17) is 23.7 Å². The molecule has 15 atom stereocenters. The van der Waals surface area contributed by atoms with Gasteiger partial charge < -0.3 is 49.2 Å². The fourth-order valence-corrected chi connectivity index (χ4v) is 9.95. The Hall–Kier alpha value is -2.42. The Labute approximate surface area is 320 Å². The van der Waals surface area contributed by atoms with Crippen molar-refractivity contribution in [1.82, 2.24) is 0 Å². The third kappa shape index (κ3) is 8.61. The number of carbonyl (C=O) groups excluding carboxylic acids is 2. The van der Waals surface area contributed by atoms with Gasteiger partial charge in [-0.05, 0) is 100 Å². The largest absolute Gasteiger partial charge is 0.504 e. The number of aliphatic hydroxyl groups is 5. The highest BCUT2D eigenvalue weighted by molar-refractivity contribution is 6.21. The van der Waals surface area contributed by atoms with Gasteiger partial charge in [0.2, 0.25) is 5.78 Å². The highest BCUT2D eigenvalue weighted by Crippen LogP contribution is 2.46. The number of hydrogen-bond donors (Lipinski definition) is 5. The van der Waals surface area contributed by atoms with Crippen LogP contribution in [-0.2, 0) is 33.3 Å². The number of carbonyl (C=O) groups is 2. The molecule has 304 valence electrons. The first-order chi connectivity index (χ1) is 25.6. The molecule has 0 spiro atoms. The molecule has 12 nitrogen and oxygen atoms in total. The summed E-state index contributed by atoms with van der Waals surface area (Å²) >= 11 is 0. The molecule has 0 bridgehead atoms. The molecule has 0 aromatic rings. The number of ether oxygens (including phenoxy) is 5. The fourth-order valence-electron chi connectivity index (χ4n) is 9.95. The predicted molar refractivity (Wildman–Crippen MR) is 200 cm³/mol. The highest BCUT2D eigenvalue weighted by atomic mass is 16.6. The van der Waals surface area contributed by atoms with Gasteiger partial charge in [0.05, 0.1) is 54.9 Å². The molecular weight excluding hydrogens is 696 g/mol. The number of allylic oxidation sites excluding steroid dienone is 1. The normalized spacial score (nSPS) is 40.6. The summed E-state index contributed by atoms with van der Waals surface area (Å²) in [6, 6.07) is 0. The molecule has 0 aromatic heterocycles. The fraction of sp³-hybridized carbons (Fsp3) is 0.762. The zero-order valence-electron chi connectivity index (χ0n) is 33.1. The summed E-state index contributed by atoms with van der Waals surface area (Å²) in [6.45, 7) is 15.2. The molecule has 0 amide bonds. The summed E-state index contributed by atoms with van der Waals surface area (Å²) in [6.07, 6.45) is 6.52. The number of aliphatic hydroxyl groups excluding tert-OH is 5. The standard InChI is InChI=1S/C42H64O12/c1-9-29(45)32-14-15-33(52-32)42(7)18-24(5)30(54-42)12-10-21(2)39-22(3)11-13-31(53-39)27(19-43)17-26-16-23(4)36(46)28(20-44)34(26)40(50-8)38(48)35-37(47)25(6)51-41(35)49/h10,17,22-24,26,28-34,36,39-40,43-47H,6,9,11-16,18-20H2,1-5,7-8H3. The first-order valence-electron chi connectivity index (χ1n) is 19.9. The van der Waals surface area contributed by atoms with Crippen LogP contribution in [0.25, 0.3) is 0 Å². The SMILES string of the molecule is C=C1OC(=O)C(C(=O)C(OC)C2C(C=C(CO)C3CCC(C)C(C(C)=CCC4OC(C)(C5CCC(C(O)CC)O5)CC4C)O3)CC(C)C(O)C2CO)=C1O. The molecule has 1 aliphatic carbocycles. The van der Waals surface area contributed by atoms with Crippen molar-refractivity contribution < 1.29 is 58.8 Å². The quantitative estimate of drug-likeness (QED) is 0.0942. The van der Waals surface area contributed by atoms with Crippen LogP contribution in [0.4, 0.5) is 0 Å². The number of hydrogen-bond acceptors (Lipinski definition) is 12. The van der Waals surface area contributed by atoms with E-state index in [9.17, 15) is 35.1 Å². The summed E-state index contributed by atoms with van der Waals surface area (Å²) in [5, 5.41) is 53.3. The van der Waals surface area contributed by atoms with Crippen LogP contribution in [0.3, 0.4) is 0 Å². The van der Waals surface area contributed by atoms with Crippen LogP contribution < -0.4 is 0 Å². The first kappa shape index (κ1) is 42.7. The average molecular weight is 761 g/mol. The van der Waals surface area contributed by atoms with Crippen LogP contribution in [0, 0.1) is 35.5 Å². The molecule has 4 heterocycles. The monoisotopic (exact) mass is 760 g/mol. The van der Waals surface area contributed by atoms with E-state index in [0.29, 0.717) is 30.8 Å². The van der Waals surface area contributed by atoms with E-state index in [1.165, 1.54) is 7.11 Å². The van der Waals surface area contributed by atoms with Crippen molar-refractivity contribution in [3.05, 3.63) is 47.0 Å². The second kappa shape index (κ2) is 17.8. The molecule has 5 aliphatic rings. The molecule has 5 rings (SSSR count). The Balaban J connectivity index is 1.32. The molecule has 12 heteroatoms. The van der Waals surface area contributed by atoms with Crippen molar-refractivity contribution in [2.24, 2.45) is 35.5 Å². The Morgan fingerprint density at radius 3 is 2.43 bits per heavy atom. The van der Waals surface area contributed by atoms with Crippen molar-refractivity contribution in [3.63, 3.8) is 0 Å². The predicted octanol–water partition coefficient (Wildman–Crippen LogP) is 4.64. The zero-order chi connectivity index (χ0) is 39.6. The van der Waals surface area contributed by atoms with Gasteiger partial charge in [0.1, 0.15) is 6.10 Å². The lowest BCUT2D eigenvalue weighted by molar-refractivity contribution is -0.144. The van der Waals surface area contributed by atoms with E-state index in [2.05, 4.69) is 40.3 Å². The number of Topliss-reactive ketones (excluding diaryl/α,β-unsaturated/α-hetero) is 1. The molecule has 0 radical (unpaired) electrons. The van der Waals surface area contributed by atoms with Gasteiger partial charge in [-0.25, -0.2) is 4.79 Å². The lowest BCUT2D eigenvalue weighted by Crippen LogP contribution is -2.52. The van der Waals surface area contributed by atoms with Gasteiger partial charge in [0.15, 0.2) is 17.1 Å². The van der Waals surface area contributed by atoms with Crippen LogP contribution in [0.2, 0.25) is 0 Å². The summed E-state index contributed by atoms with van der Waals surface area (Å²) in [5.41, 5.74) is 0.741. The molecule has 15 unspecified atom stereocenters. The molecule has 0 aromatic carbocycles. The molecular formula is C42H64O12. The highest BCUT2D eigenvalue weighted by Gasteiger charge is 2.51. The Bertz CT molecular complexity index is 1470. The third-order valence-corrected chi connectivity index (χ3v) is 13.1. The van der Waals surface area contributed by atoms with Crippen LogP contribution in [-0.4, -0.2) is 112 Å². The molecule has 4 aliphatic heterocycles. The Morgan fingerprint density at radius 2 is 1.81 bits per heavy atom. The van der Waals surface area contributed by atoms with Gasteiger partial charge in [0.25, 0.3) is 0 Å². The number of methoxy groups -OCH3 is 1.